The van der Waals surface area contributed by atoms with Crippen LogP contribution in [0.5, 0.6) is 5.75 Å². The second-order valence-electron chi connectivity index (χ2n) is 4.18. The second kappa shape index (κ2) is 4.36. The van der Waals surface area contributed by atoms with Crippen molar-refractivity contribution in [2.24, 2.45) is 0 Å². The predicted molar refractivity (Wildman–Crippen MR) is 60.6 cm³/mol. The monoisotopic (exact) mass is 286 g/mol. The third-order valence-electron chi connectivity index (χ3n) is 1.99. The zero-order valence-corrected chi connectivity index (χ0v) is 11.8. The van der Waals surface area contributed by atoms with Crippen LogP contribution in [0, 0.1) is 0 Å². The van der Waals surface area contributed by atoms with Gasteiger partial charge in [-0.2, -0.15) is 0 Å². The molecule has 0 spiro atoms. The van der Waals surface area contributed by atoms with Gasteiger partial charge in [-0.25, -0.2) is 0 Å². The molecule has 72 valence electrons. The van der Waals surface area contributed by atoms with Crippen molar-refractivity contribution in [1.82, 2.24) is 0 Å². The first kappa shape index (κ1) is 10.9. The van der Waals surface area contributed by atoms with E-state index in [2.05, 4.69) is 33.0 Å². The van der Waals surface area contributed by atoms with Crippen molar-refractivity contribution in [3.05, 3.63) is 24.3 Å². The van der Waals surface area contributed by atoms with Crippen LogP contribution >= 0.6 is 0 Å². The van der Waals surface area contributed by atoms with E-state index in [1.165, 1.54) is 3.58 Å². The van der Waals surface area contributed by atoms with E-state index in [0.717, 1.165) is 12.4 Å². The molecular weight excluding hydrogens is 267 g/mol. The van der Waals surface area contributed by atoms with Crippen LogP contribution in [0.15, 0.2) is 24.3 Å². The van der Waals surface area contributed by atoms with Gasteiger partial charge in [0.05, 0.1) is 0 Å². The summed E-state index contributed by atoms with van der Waals surface area (Å²) in [7, 11) is 0. The van der Waals surface area contributed by atoms with Crippen LogP contribution < -0.4 is 8.32 Å². The van der Waals surface area contributed by atoms with Crippen molar-refractivity contribution >= 4 is 22.0 Å². The quantitative estimate of drug-likeness (QED) is 0.776. The Hall–Kier alpha value is -0.181. The van der Waals surface area contributed by atoms with Crippen molar-refractivity contribution in [3.63, 3.8) is 0 Å². The maximum absolute atomic E-state index is 5.62. The molecule has 1 aromatic rings. The van der Waals surface area contributed by atoms with E-state index in [4.69, 9.17) is 4.74 Å². The SMILES string of the molecule is CCOc1cccc[c]1[Sn]([CH3])([CH3])[CH3]. The molecule has 0 radical (unpaired) electrons. The fraction of sp³-hybridized carbons (Fsp3) is 0.455. The number of para-hydroxylation sites is 1. The molecule has 0 aliphatic rings. The van der Waals surface area contributed by atoms with Gasteiger partial charge in [0.2, 0.25) is 0 Å². The summed E-state index contributed by atoms with van der Waals surface area (Å²) in [5.41, 5.74) is 0. The maximum atomic E-state index is 5.62. The zero-order valence-electron chi connectivity index (χ0n) is 8.92. The van der Waals surface area contributed by atoms with Crippen LogP contribution in [0.4, 0.5) is 0 Å². The summed E-state index contributed by atoms with van der Waals surface area (Å²) in [4.78, 5) is 7.23. The van der Waals surface area contributed by atoms with Gasteiger partial charge in [0.15, 0.2) is 0 Å². The third kappa shape index (κ3) is 2.90. The fourth-order valence-corrected chi connectivity index (χ4v) is 5.62. The first-order valence-corrected chi connectivity index (χ1v) is 14.8. The van der Waals surface area contributed by atoms with Crippen LogP contribution in [0.25, 0.3) is 0 Å². The Morgan fingerprint density at radius 2 is 1.77 bits per heavy atom. The van der Waals surface area contributed by atoms with Crippen LogP contribution in [-0.2, 0) is 0 Å². The van der Waals surface area contributed by atoms with Gasteiger partial charge in [-0.3, -0.25) is 0 Å². The molecule has 0 aromatic heterocycles. The Balaban J connectivity index is 3.05. The van der Waals surface area contributed by atoms with Gasteiger partial charge in [0.1, 0.15) is 0 Å². The van der Waals surface area contributed by atoms with Gasteiger partial charge >= 0.3 is 85.1 Å². The van der Waals surface area contributed by atoms with Gasteiger partial charge in [-0.05, 0) is 0 Å². The molecule has 0 unspecified atom stereocenters. The van der Waals surface area contributed by atoms with E-state index >= 15 is 0 Å². The van der Waals surface area contributed by atoms with Crippen LogP contribution in [-0.4, -0.2) is 25.0 Å². The van der Waals surface area contributed by atoms with Gasteiger partial charge in [-0.15, -0.1) is 0 Å². The van der Waals surface area contributed by atoms with Crippen LogP contribution in [0.1, 0.15) is 6.92 Å². The number of hydrogen-bond acceptors (Lipinski definition) is 1. The van der Waals surface area contributed by atoms with Crippen molar-refractivity contribution in [2.75, 3.05) is 6.61 Å². The summed E-state index contributed by atoms with van der Waals surface area (Å²) in [5, 5.41) is 0. The van der Waals surface area contributed by atoms with E-state index in [1.54, 1.807) is 0 Å². The molecule has 2 heteroatoms. The van der Waals surface area contributed by atoms with Crippen molar-refractivity contribution < 1.29 is 4.74 Å². The van der Waals surface area contributed by atoms with Gasteiger partial charge < -0.3 is 0 Å². The average Bonchev–Trinajstić information content (AvgIpc) is 2.04. The summed E-state index contributed by atoms with van der Waals surface area (Å²) in [6, 6.07) is 8.47. The molecule has 0 N–H and O–H groups in total. The fourth-order valence-electron chi connectivity index (χ4n) is 1.37. The van der Waals surface area contributed by atoms with Gasteiger partial charge in [-0.1, -0.05) is 0 Å². The average molecular weight is 285 g/mol. The molecule has 0 bridgehead atoms. The van der Waals surface area contributed by atoms with E-state index in [9.17, 15) is 0 Å². The minimum absolute atomic E-state index is 0.763. The van der Waals surface area contributed by atoms with Crippen LogP contribution in [0.3, 0.4) is 0 Å². The number of rotatable bonds is 3. The van der Waals surface area contributed by atoms with Crippen molar-refractivity contribution in [2.45, 2.75) is 21.7 Å². The Morgan fingerprint density at radius 1 is 1.15 bits per heavy atom. The summed E-state index contributed by atoms with van der Waals surface area (Å²) < 4.78 is 7.10. The summed E-state index contributed by atoms with van der Waals surface area (Å²) in [5.74, 6) is 1.10. The molecule has 0 saturated heterocycles. The van der Waals surface area contributed by atoms with E-state index in [-0.39, 0.29) is 0 Å². The van der Waals surface area contributed by atoms with Crippen molar-refractivity contribution in [3.8, 4) is 5.75 Å². The molecule has 0 saturated carbocycles. The molecule has 0 amide bonds. The summed E-state index contributed by atoms with van der Waals surface area (Å²) in [6.45, 7) is 2.80. The molecule has 0 fully saturated rings. The summed E-state index contributed by atoms with van der Waals surface area (Å²) >= 11 is -1.96. The molecule has 1 nitrogen and oxygen atoms in total. The first-order chi connectivity index (χ1) is 6.05. The van der Waals surface area contributed by atoms with E-state index in [1.807, 2.05) is 13.0 Å². The molecule has 13 heavy (non-hydrogen) atoms. The molecule has 0 aliphatic heterocycles. The van der Waals surface area contributed by atoms with Gasteiger partial charge in [0.25, 0.3) is 0 Å². The molecular formula is C11H18OSn. The molecule has 0 heterocycles. The number of ether oxygens (including phenoxy) is 1. The third-order valence-corrected chi connectivity index (χ3v) is 7.79. The van der Waals surface area contributed by atoms with E-state index < -0.39 is 18.4 Å². The molecule has 1 rings (SSSR count). The molecule has 0 aliphatic carbocycles. The standard InChI is InChI=1S/C8H9O.3CH3.Sn/c1-2-9-8-6-4-3-5-7-8;;;;/h3-6H,2H2,1H3;3*1H3;. The van der Waals surface area contributed by atoms with Crippen LogP contribution in [0.2, 0.25) is 14.8 Å². The second-order valence-corrected chi connectivity index (χ2v) is 18.6. The molecule has 0 atom stereocenters. The Labute approximate surface area is 85.0 Å². The Bertz CT molecular complexity index is 276. The Kier molecular flexibility index (Phi) is 3.65. The molecule has 1 aromatic carbocycles. The summed E-state index contributed by atoms with van der Waals surface area (Å²) in [6.07, 6.45) is 0. The first-order valence-electron chi connectivity index (χ1n) is 4.78. The normalized spacial score (nSPS) is 11.4. The topological polar surface area (TPSA) is 9.23 Å². The predicted octanol–water partition coefficient (Wildman–Crippen LogP) is 2.63. The number of hydrogen-bond donors (Lipinski definition) is 0. The van der Waals surface area contributed by atoms with Crippen molar-refractivity contribution in [1.29, 1.82) is 0 Å². The minimum atomic E-state index is -1.96. The van der Waals surface area contributed by atoms with E-state index in [0.29, 0.717) is 0 Å². The zero-order chi connectivity index (χ0) is 9.90. The van der Waals surface area contributed by atoms with Gasteiger partial charge in [0, 0.05) is 0 Å². The Morgan fingerprint density at radius 3 is 2.31 bits per heavy atom. The number of benzene rings is 1.